The van der Waals surface area contributed by atoms with Crippen LogP contribution in [0.2, 0.25) is 0 Å². The number of aromatic nitrogens is 1. The van der Waals surface area contributed by atoms with E-state index in [1.165, 1.54) is 0 Å². The second-order valence-electron chi connectivity index (χ2n) is 9.91. The van der Waals surface area contributed by atoms with Crippen LogP contribution in [-0.2, 0) is 9.59 Å². The van der Waals surface area contributed by atoms with Crippen LogP contribution in [-0.4, -0.2) is 62.6 Å². The van der Waals surface area contributed by atoms with Crippen LogP contribution in [0.25, 0.3) is 17.0 Å². The first-order valence-corrected chi connectivity index (χ1v) is 12.6. The Labute approximate surface area is 212 Å². The molecule has 36 heavy (non-hydrogen) atoms. The Morgan fingerprint density at radius 2 is 2.11 bits per heavy atom. The number of para-hydroxylation sites is 1. The largest absolute Gasteiger partial charge is 0.379 e. The predicted octanol–water partition coefficient (Wildman–Crippen LogP) is 4.11. The number of aromatic amines is 1. The lowest BCUT2D eigenvalue weighted by Gasteiger charge is -2.40. The van der Waals surface area contributed by atoms with Crippen LogP contribution in [0.3, 0.4) is 0 Å². The Balaban J connectivity index is 1.55. The maximum atomic E-state index is 13.9. The zero-order chi connectivity index (χ0) is 25.7. The number of rotatable bonds is 8. The lowest BCUT2D eigenvalue weighted by atomic mass is 9.97. The van der Waals surface area contributed by atoms with Crippen LogP contribution < -0.4 is 5.32 Å². The minimum atomic E-state index is -1.12. The van der Waals surface area contributed by atoms with E-state index in [4.69, 9.17) is 0 Å². The summed E-state index contributed by atoms with van der Waals surface area (Å²) in [6.07, 6.45) is 17.0. The number of aliphatic hydroxyl groups is 1. The monoisotopic (exact) mass is 488 g/mol. The van der Waals surface area contributed by atoms with E-state index < -0.39 is 17.8 Å². The molecule has 3 N–H and O–H groups in total. The number of hydrogen-bond donors (Lipinski definition) is 3. The number of H-pyrrole nitrogens is 1. The number of likely N-dealkylation sites (tertiary alicyclic amines) is 1. The SMILES string of the molecule is CC(O)N1CCCC1C(=O)N(CC1=CCC=CC=C1)C(C)(C)C(=O)N/C=C\c1c[nH]c2ccccc12. The van der Waals surface area contributed by atoms with Gasteiger partial charge in [-0.15, -0.1) is 0 Å². The van der Waals surface area contributed by atoms with Gasteiger partial charge >= 0.3 is 0 Å². The Kier molecular flexibility index (Phi) is 7.91. The van der Waals surface area contributed by atoms with Crippen LogP contribution in [0.4, 0.5) is 0 Å². The molecule has 2 unspecified atom stereocenters. The molecule has 2 aromatic rings. The molecule has 1 aliphatic carbocycles. The lowest BCUT2D eigenvalue weighted by Crippen LogP contribution is -2.60. The van der Waals surface area contributed by atoms with Gasteiger partial charge in [-0.3, -0.25) is 14.5 Å². The number of nitrogens with one attached hydrogen (secondary N) is 2. The molecule has 7 nitrogen and oxygen atoms in total. The lowest BCUT2D eigenvalue weighted by molar-refractivity contribution is -0.150. The molecule has 1 aromatic carbocycles. The number of carbonyl (C=O) groups is 2. The number of nitrogens with zero attached hydrogens (tertiary/aromatic N) is 2. The van der Waals surface area contributed by atoms with Crippen molar-refractivity contribution in [1.29, 1.82) is 0 Å². The molecule has 0 radical (unpaired) electrons. The van der Waals surface area contributed by atoms with Crippen LogP contribution in [0.1, 0.15) is 45.6 Å². The fourth-order valence-corrected chi connectivity index (χ4v) is 4.89. The van der Waals surface area contributed by atoms with Crippen molar-refractivity contribution in [2.45, 2.75) is 57.8 Å². The molecule has 2 amide bonds. The summed E-state index contributed by atoms with van der Waals surface area (Å²) in [6.45, 7) is 6.22. The van der Waals surface area contributed by atoms with Gasteiger partial charge in [0.15, 0.2) is 0 Å². The molecule has 1 fully saturated rings. The Morgan fingerprint density at radius 3 is 2.92 bits per heavy atom. The second kappa shape index (κ2) is 11.1. The summed E-state index contributed by atoms with van der Waals surface area (Å²) in [5.41, 5.74) is 1.85. The van der Waals surface area contributed by atoms with Gasteiger partial charge in [-0.05, 0) is 57.7 Å². The average Bonchev–Trinajstić information content (AvgIpc) is 3.43. The van der Waals surface area contributed by atoms with E-state index in [0.717, 1.165) is 34.9 Å². The zero-order valence-electron chi connectivity index (χ0n) is 21.3. The van der Waals surface area contributed by atoms with Crippen molar-refractivity contribution in [2.24, 2.45) is 0 Å². The van der Waals surface area contributed by atoms with Crippen LogP contribution in [0, 0.1) is 0 Å². The van der Waals surface area contributed by atoms with Crippen molar-refractivity contribution in [3.63, 3.8) is 0 Å². The molecule has 2 aliphatic rings. The molecule has 0 spiro atoms. The molecule has 2 heterocycles. The van der Waals surface area contributed by atoms with Gasteiger partial charge in [0.1, 0.15) is 11.8 Å². The predicted molar refractivity (Wildman–Crippen MR) is 144 cm³/mol. The third-order valence-corrected chi connectivity index (χ3v) is 7.07. The van der Waals surface area contributed by atoms with Gasteiger partial charge in [0, 0.05) is 42.0 Å². The van der Waals surface area contributed by atoms with Crippen molar-refractivity contribution >= 4 is 28.8 Å². The van der Waals surface area contributed by atoms with E-state index in [0.29, 0.717) is 19.5 Å². The summed E-state index contributed by atoms with van der Waals surface area (Å²) >= 11 is 0. The van der Waals surface area contributed by atoms with Gasteiger partial charge < -0.3 is 20.3 Å². The minimum Gasteiger partial charge on any atom is -0.379 e. The zero-order valence-corrected chi connectivity index (χ0v) is 21.3. The van der Waals surface area contributed by atoms with Gasteiger partial charge in [0.2, 0.25) is 11.8 Å². The molecule has 4 rings (SSSR count). The number of hydrogen-bond acceptors (Lipinski definition) is 4. The van der Waals surface area contributed by atoms with Crippen molar-refractivity contribution in [1.82, 2.24) is 20.1 Å². The molecule has 1 saturated heterocycles. The smallest absolute Gasteiger partial charge is 0.249 e. The highest BCUT2D eigenvalue weighted by Gasteiger charge is 2.43. The first kappa shape index (κ1) is 25.7. The quantitative estimate of drug-likeness (QED) is 0.522. The second-order valence-corrected chi connectivity index (χ2v) is 9.91. The molecular weight excluding hydrogens is 452 g/mol. The summed E-state index contributed by atoms with van der Waals surface area (Å²) in [5, 5.41) is 14.2. The van der Waals surface area contributed by atoms with Crippen molar-refractivity contribution < 1.29 is 14.7 Å². The summed E-state index contributed by atoms with van der Waals surface area (Å²) in [6, 6.07) is 7.52. The first-order chi connectivity index (χ1) is 17.3. The normalized spacial score (nSPS) is 19.4. The number of fused-ring (bicyclic) bond motifs is 1. The van der Waals surface area contributed by atoms with E-state index in [1.54, 1.807) is 31.9 Å². The van der Waals surface area contributed by atoms with Crippen molar-refractivity contribution in [3.05, 3.63) is 78.2 Å². The number of benzene rings is 1. The highest BCUT2D eigenvalue weighted by atomic mass is 16.3. The number of aliphatic hydroxyl groups excluding tert-OH is 1. The maximum absolute atomic E-state index is 13.9. The number of amides is 2. The summed E-state index contributed by atoms with van der Waals surface area (Å²) in [5.74, 6) is -0.412. The molecule has 7 heteroatoms. The van der Waals surface area contributed by atoms with Gasteiger partial charge in [0.25, 0.3) is 0 Å². The van der Waals surface area contributed by atoms with E-state index >= 15 is 0 Å². The van der Waals surface area contributed by atoms with Gasteiger partial charge in [-0.25, -0.2) is 0 Å². The molecule has 1 aliphatic heterocycles. The standard InChI is InChI=1S/C29H36N4O3/c1-21(34)32-18-10-15-26(32)27(35)33(20-22-11-6-4-5-7-12-22)29(2,3)28(36)30-17-16-23-19-31-25-14-9-8-13-24(23)25/h4-6,8-9,11-14,16-17,19,21,26,31,34H,7,10,15,18,20H2,1-3H3,(H,30,36)/b17-16-. The minimum absolute atomic E-state index is 0.138. The third-order valence-electron chi connectivity index (χ3n) is 7.07. The Hall–Kier alpha value is -3.42. The summed E-state index contributed by atoms with van der Waals surface area (Å²) in [7, 11) is 0. The number of carbonyl (C=O) groups excluding carboxylic acids is 2. The fourth-order valence-electron chi connectivity index (χ4n) is 4.89. The van der Waals surface area contributed by atoms with E-state index in [1.807, 2.05) is 59.7 Å². The van der Waals surface area contributed by atoms with Gasteiger partial charge in [0.05, 0.1) is 6.04 Å². The fraction of sp³-hybridized carbons (Fsp3) is 0.379. The third kappa shape index (κ3) is 5.53. The topological polar surface area (TPSA) is 88.7 Å². The van der Waals surface area contributed by atoms with E-state index in [9.17, 15) is 14.7 Å². The van der Waals surface area contributed by atoms with Crippen LogP contribution >= 0.6 is 0 Å². The van der Waals surface area contributed by atoms with Crippen LogP contribution in [0.15, 0.2) is 72.6 Å². The highest BCUT2D eigenvalue weighted by molar-refractivity contribution is 5.94. The number of allylic oxidation sites excluding steroid dienone is 4. The molecule has 190 valence electrons. The highest BCUT2D eigenvalue weighted by Crippen LogP contribution is 2.27. The van der Waals surface area contributed by atoms with Crippen LogP contribution in [0.5, 0.6) is 0 Å². The van der Waals surface area contributed by atoms with E-state index in [2.05, 4.69) is 22.5 Å². The molecule has 2 atom stereocenters. The molecular formula is C29H36N4O3. The van der Waals surface area contributed by atoms with Crippen molar-refractivity contribution in [3.8, 4) is 0 Å². The summed E-state index contributed by atoms with van der Waals surface area (Å²) in [4.78, 5) is 34.1. The molecule has 0 bridgehead atoms. The van der Waals surface area contributed by atoms with E-state index in [-0.39, 0.29) is 11.8 Å². The Morgan fingerprint density at radius 1 is 1.31 bits per heavy atom. The maximum Gasteiger partial charge on any atom is 0.249 e. The van der Waals surface area contributed by atoms with Crippen molar-refractivity contribution in [2.75, 3.05) is 13.1 Å². The van der Waals surface area contributed by atoms with Gasteiger partial charge in [-0.2, -0.15) is 0 Å². The molecule has 1 aromatic heterocycles. The summed E-state index contributed by atoms with van der Waals surface area (Å²) < 4.78 is 0. The average molecular weight is 489 g/mol. The van der Waals surface area contributed by atoms with Gasteiger partial charge in [-0.1, -0.05) is 48.6 Å². The molecule has 0 saturated carbocycles. The Bertz CT molecular complexity index is 1220. The first-order valence-electron chi connectivity index (χ1n) is 12.6.